The van der Waals surface area contributed by atoms with E-state index >= 15 is 0 Å². The van der Waals surface area contributed by atoms with Gasteiger partial charge in [0.2, 0.25) is 0 Å². The zero-order valence-corrected chi connectivity index (χ0v) is 16.4. The van der Waals surface area contributed by atoms with Gasteiger partial charge >= 0.3 is 6.03 Å². The molecule has 2 heterocycles. The lowest BCUT2D eigenvalue weighted by Gasteiger charge is -2.26. The van der Waals surface area contributed by atoms with Crippen LogP contribution in [0.4, 0.5) is 10.5 Å². The summed E-state index contributed by atoms with van der Waals surface area (Å²) in [5.41, 5.74) is 4.87. The number of aromatic nitrogens is 2. The molecule has 6 nitrogen and oxygen atoms in total. The van der Waals surface area contributed by atoms with Gasteiger partial charge in [-0.2, -0.15) is 0 Å². The molecule has 2 N–H and O–H groups in total. The Hall–Kier alpha value is -2.86. The first-order valence-electron chi connectivity index (χ1n) is 9.76. The van der Waals surface area contributed by atoms with E-state index < -0.39 is 0 Å². The number of carbonyl (C=O) groups is 1. The largest absolute Gasteiger partial charge is 0.376 e. The molecular weight excluding hydrogens is 352 g/mol. The molecule has 1 saturated heterocycles. The van der Waals surface area contributed by atoms with E-state index in [1.165, 1.54) is 5.56 Å². The van der Waals surface area contributed by atoms with E-state index in [2.05, 4.69) is 40.4 Å². The third-order valence-electron chi connectivity index (χ3n) is 5.04. The van der Waals surface area contributed by atoms with Crippen LogP contribution in [0.1, 0.15) is 29.8 Å². The molecule has 0 radical (unpaired) electrons. The number of benzene rings is 2. The lowest BCUT2D eigenvalue weighted by Crippen LogP contribution is -2.39. The number of imidazole rings is 1. The molecule has 0 aliphatic carbocycles. The fourth-order valence-corrected chi connectivity index (χ4v) is 3.70. The van der Waals surface area contributed by atoms with Crippen molar-refractivity contribution in [3.8, 4) is 0 Å². The SMILES string of the molecule is Cc1cccc(CN(C[C@H]2CCCO2)C(=O)Nc2ccc3nc(C)[nH]c3c2)c1. The number of aromatic amines is 1. The smallest absolute Gasteiger partial charge is 0.322 e. The lowest BCUT2D eigenvalue weighted by atomic mass is 10.1. The zero-order chi connectivity index (χ0) is 19.5. The zero-order valence-electron chi connectivity index (χ0n) is 16.4. The predicted octanol–water partition coefficient (Wildman–Crippen LogP) is 4.39. The second-order valence-corrected chi connectivity index (χ2v) is 7.49. The van der Waals surface area contributed by atoms with Crippen molar-refractivity contribution in [3.05, 3.63) is 59.4 Å². The van der Waals surface area contributed by atoms with Gasteiger partial charge in [0.25, 0.3) is 0 Å². The molecule has 3 aromatic rings. The number of aryl methyl sites for hydroxylation is 2. The molecule has 146 valence electrons. The highest BCUT2D eigenvalue weighted by Crippen LogP contribution is 2.20. The summed E-state index contributed by atoms with van der Waals surface area (Å²) in [5, 5.41) is 3.04. The molecule has 1 aromatic heterocycles. The van der Waals surface area contributed by atoms with Crippen LogP contribution in [0.15, 0.2) is 42.5 Å². The lowest BCUT2D eigenvalue weighted by molar-refractivity contribution is 0.0819. The highest BCUT2D eigenvalue weighted by Gasteiger charge is 2.23. The van der Waals surface area contributed by atoms with E-state index in [0.29, 0.717) is 13.1 Å². The first-order chi connectivity index (χ1) is 13.6. The van der Waals surface area contributed by atoms with Gasteiger partial charge in [0.15, 0.2) is 0 Å². The summed E-state index contributed by atoms with van der Waals surface area (Å²) >= 11 is 0. The maximum Gasteiger partial charge on any atom is 0.322 e. The highest BCUT2D eigenvalue weighted by molar-refractivity contribution is 5.92. The van der Waals surface area contributed by atoms with Gasteiger partial charge in [0.05, 0.1) is 17.1 Å². The van der Waals surface area contributed by atoms with Crippen LogP contribution < -0.4 is 5.32 Å². The third-order valence-corrected chi connectivity index (χ3v) is 5.04. The van der Waals surface area contributed by atoms with Gasteiger partial charge in [-0.05, 0) is 50.5 Å². The Labute approximate surface area is 164 Å². The van der Waals surface area contributed by atoms with Crippen molar-refractivity contribution in [2.45, 2.75) is 39.3 Å². The van der Waals surface area contributed by atoms with Gasteiger partial charge in [-0.25, -0.2) is 9.78 Å². The molecule has 28 heavy (non-hydrogen) atoms. The summed E-state index contributed by atoms with van der Waals surface area (Å²) in [6, 6.07) is 13.9. The number of H-pyrrole nitrogens is 1. The van der Waals surface area contributed by atoms with Gasteiger partial charge in [-0.1, -0.05) is 29.8 Å². The number of fused-ring (bicyclic) bond motifs is 1. The highest BCUT2D eigenvalue weighted by atomic mass is 16.5. The molecule has 2 aromatic carbocycles. The number of anilines is 1. The second kappa shape index (κ2) is 8.02. The van der Waals surface area contributed by atoms with Crippen LogP contribution in [-0.2, 0) is 11.3 Å². The molecule has 4 rings (SSSR count). The number of nitrogens with zero attached hydrogens (tertiary/aromatic N) is 2. The van der Waals surface area contributed by atoms with Crippen LogP contribution in [0.25, 0.3) is 11.0 Å². The molecule has 0 spiro atoms. The van der Waals surface area contributed by atoms with Crippen LogP contribution >= 0.6 is 0 Å². The number of hydrogen-bond acceptors (Lipinski definition) is 3. The molecule has 2 amide bonds. The van der Waals surface area contributed by atoms with Crippen molar-refractivity contribution in [2.24, 2.45) is 0 Å². The average Bonchev–Trinajstić information content (AvgIpc) is 3.29. The summed E-state index contributed by atoms with van der Waals surface area (Å²) in [4.78, 5) is 22.5. The van der Waals surface area contributed by atoms with E-state index in [1.54, 1.807) is 0 Å². The van der Waals surface area contributed by atoms with Gasteiger partial charge in [0.1, 0.15) is 5.82 Å². The Kier molecular flexibility index (Phi) is 5.30. The average molecular weight is 378 g/mol. The van der Waals surface area contributed by atoms with Crippen LogP contribution in [0.3, 0.4) is 0 Å². The van der Waals surface area contributed by atoms with Crippen molar-refractivity contribution in [1.82, 2.24) is 14.9 Å². The van der Waals surface area contributed by atoms with Crippen molar-refractivity contribution >= 4 is 22.8 Å². The van der Waals surface area contributed by atoms with Crippen LogP contribution in [0.5, 0.6) is 0 Å². The topological polar surface area (TPSA) is 70.2 Å². The first-order valence-corrected chi connectivity index (χ1v) is 9.76. The standard InChI is InChI=1S/C22H26N4O2/c1-15-5-3-6-17(11-15)13-26(14-19-7-4-10-28-19)22(27)25-18-8-9-20-21(12-18)24-16(2)23-20/h3,5-6,8-9,11-12,19H,4,7,10,13-14H2,1-2H3,(H,23,24)(H,25,27)/t19-/m1/s1. The van der Waals surface area contributed by atoms with E-state index in [0.717, 1.165) is 47.6 Å². The molecule has 6 heteroatoms. The maximum absolute atomic E-state index is 13.1. The van der Waals surface area contributed by atoms with Gasteiger partial charge in [0, 0.05) is 25.4 Å². The van der Waals surface area contributed by atoms with E-state index in [4.69, 9.17) is 4.74 Å². The molecule has 0 bridgehead atoms. The molecule has 1 aliphatic heterocycles. The van der Waals surface area contributed by atoms with Crippen LogP contribution in [-0.4, -0.2) is 40.2 Å². The minimum absolute atomic E-state index is 0.105. The Morgan fingerprint density at radius 1 is 1.29 bits per heavy atom. The third kappa shape index (κ3) is 4.34. The van der Waals surface area contributed by atoms with E-state index in [1.807, 2.05) is 36.1 Å². The van der Waals surface area contributed by atoms with Crippen molar-refractivity contribution in [1.29, 1.82) is 0 Å². The predicted molar refractivity (Wildman–Crippen MR) is 110 cm³/mol. The maximum atomic E-state index is 13.1. The summed E-state index contributed by atoms with van der Waals surface area (Å²) < 4.78 is 5.77. The van der Waals surface area contributed by atoms with Crippen molar-refractivity contribution in [2.75, 3.05) is 18.5 Å². The fourth-order valence-electron chi connectivity index (χ4n) is 3.70. The molecule has 0 unspecified atom stereocenters. The molecule has 1 atom stereocenters. The first kappa shape index (κ1) is 18.5. The Morgan fingerprint density at radius 2 is 2.18 bits per heavy atom. The molecule has 0 saturated carbocycles. The van der Waals surface area contributed by atoms with Crippen LogP contribution in [0, 0.1) is 13.8 Å². The number of ether oxygens (including phenoxy) is 1. The van der Waals surface area contributed by atoms with E-state index in [-0.39, 0.29) is 12.1 Å². The van der Waals surface area contributed by atoms with E-state index in [9.17, 15) is 4.79 Å². The number of urea groups is 1. The Bertz CT molecular complexity index is 976. The normalized spacial score (nSPS) is 16.4. The summed E-state index contributed by atoms with van der Waals surface area (Å²) in [5.74, 6) is 0.859. The van der Waals surface area contributed by atoms with Gasteiger partial charge in [-0.3, -0.25) is 0 Å². The Morgan fingerprint density at radius 3 is 2.96 bits per heavy atom. The molecule has 1 aliphatic rings. The monoisotopic (exact) mass is 378 g/mol. The summed E-state index contributed by atoms with van der Waals surface area (Å²) in [6.07, 6.45) is 2.16. The molecular formula is C22H26N4O2. The summed E-state index contributed by atoms with van der Waals surface area (Å²) in [6.45, 7) is 5.91. The van der Waals surface area contributed by atoms with Crippen molar-refractivity contribution < 1.29 is 9.53 Å². The number of amides is 2. The number of carbonyl (C=O) groups excluding carboxylic acids is 1. The quantitative estimate of drug-likeness (QED) is 0.692. The number of rotatable bonds is 5. The minimum atomic E-state index is -0.118. The fraction of sp³-hybridized carbons (Fsp3) is 0.364. The number of hydrogen-bond donors (Lipinski definition) is 2. The van der Waals surface area contributed by atoms with Crippen LogP contribution in [0.2, 0.25) is 0 Å². The molecule has 1 fully saturated rings. The minimum Gasteiger partial charge on any atom is -0.376 e. The second-order valence-electron chi connectivity index (χ2n) is 7.49. The van der Waals surface area contributed by atoms with Gasteiger partial charge < -0.3 is 19.9 Å². The van der Waals surface area contributed by atoms with Gasteiger partial charge in [-0.15, -0.1) is 0 Å². The Balaban J connectivity index is 1.52. The van der Waals surface area contributed by atoms with Crippen molar-refractivity contribution in [3.63, 3.8) is 0 Å². The number of nitrogens with one attached hydrogen (secondary N) is 2. The summed E-state index contributed by atoms with van der Waals surface area (Å²) in [7, 11) is 0.